The zero-order valence-corrected chi connectivity index (χ0v) is 18.7. The van der Waals surface area contributed by atoms with Gasteiger partial charge in [0.05, 0.1) is 21.0 Å². The molecule has 1 unspecified atom stereocenters. The molecule has 2 aromatic carbocycles. The van der Waals surface area contributed by atoms with E-state index in [2.05, 4.69) is 75.0 Å². The summed E-state index contributed by atoms with van der Waals surface area (Å²) >= 11 is 1.75. The zero-order chi connectivity index (χ0) is 20.8. The molecular formula is C24H28N4S. The van der Waals surface area contributed by atoms with Crippen molar-refractivity contribution in [3.63, 3.8) is 0 Å². The minimum atomic E-state index is -0.0439. The maximum atomic E-state index is 9.88. The third-order valence-corrected chi connectivity index (χ3v) is 7.19. The van der Waals surface area contributed by atoms with Crippen LogP contribution in [0.2, 0.25) is 0 Å². The Morgan fingerprint density at radius 1 is 1.21 bits per heavy atom. The molecule has 0 radical (unpaired) electrons. The van der Waals surface area contributed by atoms with Gasteiger partial charge in [-0.1, -0.05) is 51.1 Å². The van der Waals surface area contributed by atoms with Crippen LogP contribution in [0.25, 0.3) is 21.3 Å². The van der Waals surface area contributed by atoms with Crippen molar-refractivity contribution in [2.45, 2.75) is 38.6 Å². The standard InChI is InChI=1S/C24H28N4S/c1-24(2,3)23-26-20-17(14-25)13-19(16-9-7-6-8-10-16)21(22(20)29-23)28-12-11-18(15-28)27(4)5/h6-10,13,18H,11-12,15H2,1-5H3. The second-order valence-corrected chi connectivity index (χ2v) is 10.1. The van der Waals surface area contributed by atoms with Crippen LogP contribution in [0.5, 0.6) is 0 Å². The largest absolute Gasteiger partial charge is 0.368 e. The van der Waals surface area contributed by atoms with Crippen LogP contribution in [-0.2, 0) is 5.41 Å². The molecule has 4 nitrogen and oxygen atoms in total. The number of fused-ring (bicyclic) bond motifs is 1. The zero-order valence-electron chi connectivity index (χ0n) is 17.9. The third-order valence-electron chi connectivity index (χ3n) is 5.70. The first-order valence-electron chi connectivity index (χ1n) is 10.1. The number of nitrogens with zero attached hydrogens (tertiary/aromatic N) is 4. The van der Waals surface area contributed by atoms with E-state index < -0.39 is 0 Å². The van der Waals surface area contributed by atoms with E-state index in [1.54, 1.807) is 11.3 Å². The van der Waals surface area contributed by atoms with Gasteiger partial charge in [-0.05, 0) is 32.1 Å². The lowest BCUT2D eigenvalue weighted by atomic mass is 9.97. The lowest BCUT2D eigenvalue weighted by Gasteiger charge is -2.25. The van der Waals surface area contributed by atoms with E-state index in [1.165, 1.54) is 5.69 Å². The maximum Gasteiger partial charge on any atom is 0.101 e. The van der Waals surface area contributed by atoms with Gasteiger partial charge in [-0.25, -0.2) is 4.98 Å². The number of thiazole rings is 1. The Kier molecular flexibility index (Phi) is 5.10. The number of hydrogen-bond donors (Lipinski definition) is 0. The second kappa shape index (κ2) is 7.44. The predicted molar refractivity (Wildman–Crippen MR) is 123 cm³/mol. The molecule has 2 heterocycles. The van der Waals surface area contributed by atoms with Crippen molar-refractivity contribution in [2.75, 3.05) is 32.1 Å². The lowest BCUT2D eigenvalue weighted by molar-refractivity contribution is 0.315. The van der Waals surface area contributed by atoms with Crippen molar-refractivity contribution >= 4 is 27.2 Å². The Bertz CT molecular complexity index is 1070. The molecule has 1 aromatic heterocycles. The van der Waals surface area contributed by atoms with E-state index in [0.717, 1.165) is 45.9 Å². The summed E-state index contributed by atoms with van der Waals surface area (Å²) in [4.78, 5) is 9.75. The van der Waals surface area contributed by atoms with Crippen molar-refractivity contribution in [2.24, 2.45) is 0 Å². The summed E-state index contributed by atoms with van der Waals surface area (Å²) in [6.45, 7) is 8.58. The van der Waals surface area contributed by atoms with Crippen LogP contribution in [-0.4, -0.2) is 43.1 Å². The summed E-state index contributed by atoms with van der Waals surface area (Å²) in [5.41, 5.74) is 5.00. The van der Waals surface area contributed by atoms with Gasteiger partial charge in [-0.15, -0.1) is 11.3 Å². The number of likely N-dealkylation sites (N-methyl/N-ethyl adjacent to an activating group) is 1. The number of anilines is 1. The number of rotatable bonds is 3. The molecule has 0 aliphatic carbocycles. The van der Waals surface area contributed by atoms with Gasteiger partial charge in [0, 0.05) is 30.1 Å². The first kappa shape index (κ1) is 19.9. The van der Waals surface area contributed by atoms with E-state index in [9.17, 15) is 5.26 Å². The molecule has 0 N–H and O–H groups in total. The van der Waals surface area contributed by atoms with Gasteiger partial charge in [0.25, 0.3) is 0 Å². The van der Waals surface area contributed by atoms with Crippen LogP contribution in [0.4, 0.5) is 5.69 Å². The maximum absolute atomic E-state index is 9.88. The molecule has 0 amide bonds. The topological polar surface area (TPSA) is 43.2 Å². The molecule has 4 rings (SSSR count). The molecular weight excluding hydrogens is 376 g/mol. The Balaban J connectivity index is 1.99. The van der Waals surface area contributed by atoms with Crippen molar-refractivity contribution in [1.29, 1.82) is 5.26 Å². The van der Waals surface area contributed by atoms with Gasteiger partial charge in [-0.2, -0.15) is 5.26 Å². The summed E-state index contributed by atoms with van der Waals surface area (Å²) in [5, 5.41) is 11.0. The van der Waals surface area contributed by atoms with Crippen LogP contribution < -0.4 is 4.90 Å². The second-order valence-electron chi connectivity index (χ2n) is 9.10. The molecule has 1 saturated heterocycles. The molecule has 0 spiro atoms. The van der Waals surface area contributed by atoms with Gasteiger partial charge < -0.3 is 9.80 Å². The molecule has 0 bridgehead atoms. The van der Waals surface area contributed by atoms with Gasteiger partial charge >= 0.3 is 0 Å². The van der Waals surface area contributed by atoms with Crippen molar-refractivity contribution in [1.82, 2.24) is 9.88 Å². The monoisotopic (exact) mass is 404 g/mol. The molecule has 150 valence electrons. The summed E-state index contributed by atoms with van der Waals surface area (Å²) in [5.74, 6) is 0. The fourth-order valence-electron chi connectivity index (χ4n) is 3.99. The molecule has 0 saturated carbocycles. The van der Waals surface area contributed by atoms with Gasteiger partial charge in [0.15, 0.2) is 0 Å². The molecule has 3 aromatic rings. The number of hydrogen-bond acceptors (Lipinski definition) is 5. The van der Waals surface area contributed by atoms with E-state index >= 15 is 0 Å². The van der Waals surface area contributed by atoms with Crippen molar-refractivity contribution < 1.29 is 0 Å². The number of aromatic nitrogens is 1. The number of nitriles is 1. The number of benzene rings is 2. The Morgan fingerprint density at radius 3 is 2.52 bits per heavy atom. The average molecular weight is 405 g/mol. The highest BCUT2D eigenvalue weighted by atomic mass is 32.1. The Morgan fingerprint density at radius 2 is 1.93 bits per heavy atom. The predicted octanol–water partition coefficient (Wildman–Crippen LogP) is 5.27. The lowest BCUT2D eigenvalue weighted by Crippen LogP contribution is -2.31. The first-order valence-corrected chi connectivity index (χ1v) is 11.0. The normalized spacial score (nSPS) is 17.3. The highest BCUT2D eigenvalue weighted by molar-refractivity contribution is 7.19. The van der Waals surface area contributed by atoms with Crippen LogP contribution in [0.1, 0.15) is 37.8 Å². The van der Waals surface area contributed by atoms with E-state index in [1.807, 2.05) is 12.1 Å². The fourth-order valence-corrected chi connectivity index (χ4v) is 5.22. The van der Waals surface area contributed by atoms with Gasteiger partial charge in [0.2, 0.25) is 0 Å². The third kappa shape index (κ3) is 3.63. The molecule has 1 atom stereocenters. The molecule has 1 aliphatic heterocycles. The minimum absolute atomic E-state index is 0.0439. The minimum Gasteiger partial charge on any atom is -0.368 e. The average Bonchev–Trinajstić information content (AvgIpc) is 3.35. The van der Waals surface area contributed by atoms with Gasteiger partial charge in [-0.3, -0.25) is 0 Å². The van der Waals surface area contributed by atoms with Crippen LogP contribution in [0, 0.1) is 11.3 Å². The van der Waals surface area contributed by atoms with E-state index in [-0.39, 0.29) is 5.41 Å². The highest BCUT2D eigenvalue weighted by Crippen LogP contribution is 2.45. The quantitative estimate of drug-likeness (QED) is 0.596. The Hall–Kier alpha value is -2.42. The van der Waals surface area contributed by atoms with Crippen LogP contribution >= 0.6 is 11.3 Å². The molecule has 1 aliphatic rings. The van der Waals surface area contributed by atoms with Crippen LogP contribution in [0.3, 0.4) is 0 Å². The van der Waals surface area contributed by atoms with E-state index in [4.69, 9.17) is 4.98 Å². The van der Waals surface area contributed by atoms with Crippen molar-refractivity contribution in [3.8, 4) is 17.2 Å². The first-order chi connectivity index (χ1) is 13.8. The molecule has 1 fully saturated rings. The molecule has 5 heteroatoms. The molecule has 29 heavy (non-hydrogen) atoms. The smallest absolute Gasteiger partial charge is 0.101 e. The van der Waals surface area contributed by atoms with Crippen molar-refractivity contribution in [3.05, 3.63) is 47.0 Å². The summed E-state index contributed by atoms with van der Waals surface area (Å²) in [6, 6.07) is 15.4. The Labute approximate surface area is 177 Å². The summed E-state index contributed by atoms with van der Waals surface area (Å²) in [6.07, 6.45) is 1.15. The summed E-state index contributed by atoms with van der Waals surface area (Å²) < 4.78 is 1.15. The van der Waals surface area contributed by atoms with Crippen LogP contribution in [0.15, 0.2) is 36.4 Å². The summed E-state index contributed by atoms with van der Waals surface area (Å²) in [7, 11) is 4.32. The van der Waals surface area contributed by atoms with Gasteiger partial charge in [0.1, 0.15) is 11.6 Å². The highest BCUT2D eigenvalue weighted by Gasteiger charge is 2.30. The SMILES string of the molecule is CN(C)C1CCN(c2c(-c3ccccc3)cc(C#N)c3nc(C(C)(C)C)sc23)C1. The van der Waals surface area contributed by atoms with E-state index in [0.29, 0.717) is 11.6 Å². The fraction of sp³-hybridized carbons (Fsp3) is 0.417.